The maximum Gasteiger partial charge on any atom is 0.193 e. The van der Waals surface area contributed by atoms with Gasteiger partial charge in [-0.3, -0.25) is 4.79 Å². The number of thiocarbonyl (C=S) groups is 1. The van der Waals surface area contributed by atoms with E-state index in [2.05, 4.69) is 29.4 Å². The number of carbonyl (C=O) groups is 1. The first-order valence-corrected chi connectivity index (χ1v) is 8.22. The summed E-state index contributed by atoms with van der Waals surface area (Å²) in [6.45, 7) is 2.13. The summed E-state index contributed by atoms with van der Waals surface area (Å²) in [5, 5.41) is 3.72. The summed E-state index contributed by atoms with van der Waals surface area (Å²) >= 11 is 5.34. The first-order chi connectivity index (χ1) is 11.2. The van der Waals surface area contributed by atoms with Crippen molar-refractivity contribution in [3.05, 3.63) is 70.8 Å². The Morgan fingerprint density at radius 2 is 1.78 bits per heavy atom. The van der Waals surface area contributed by atoms with Crippen LogP contribution in [0.15, 0.2) is 53.5 Å². The van der Waals surface area contributed by atoms with E-state index < -0.39 is 0 Å². The highest BCUT2D eigenvalue weighted by atomic mass is 32.1. The number of fused-ring (bicyclic) bond motifs is 3. The maximum atomic E-state index is 13.0. The van der Waals surface area contributed by atoms with Gasteiger partial charge in [-0.2, -0.15) is 0 Å². The zero-order chi connectivity index (χ0) is 16.0. The van der Waals surface area contributed by atoms with E-state index in [1.165, 1.54) is 5.56 Å². The summed E-state index contributed by atoms with van der Waals surface area (Å²) in [5.74, 6) is -0.169. The lowest BCUT2D eigenvalue weighted by Crippen LogP contribution is -2.42. The largest absolute Gasteiger partial charge is 0.353 e. The van der Waals surface area contributed by atoms with E-state index in [0.717, 1.165) is 28.8 Å². The minimum Gasteiger partial charge on any atom is -0.353 e. The van der Waals surface area contributed by atoms with Gasteiger partial charge in [-0.05, 0) is 29.8 Å². The van der Waals surface area contributed by atoms with Crippen LogP contribution in [0, 0.1) is 5.92 Å². The molecular weight excluding hydrogens is 304 g/mol. The molecular formula is C19H16N2OS. The molecule has 0 radical (unpaired) electrons. The number of aliphatic imine (C=N–C) groups is 1. The molecule has 2 aromatic carbocycles. The van der Waals surface area contributed by atoms with E-state index in [1.807, 2.05) is 36.4 Å². The predicted octanol–water partition coefficient (Wildman–Crippen LogP) is 3.48. The molecule has 0 saturated carbocycles. The second-order valence-corrected chi connectivity index (χ2v) is 6.25. The molecule has 1 aliphatic heterocycles. The van der Waals surface area contributed by atoms with Gasteiger partial charge in [0.15, 0.2) is 10.9 Å². The normalized spacial score (nSPS) is 22.2. The van der Waals surface area contributed by atoms with Gasteiger partial charge in [0, 0.05) is 11.1 Å². The van der Waals surface area contributed by atoms with Crippen LogP contribution in [0.3, 0.4) is 0 Å². The molecule has 0 aromatic heterocycles. The molecule has 3 nitrogen and oxygen atoms in total. The fourth-order valence-corrected chi connectivity index (χ4v) is 3.82. The lowest BCUT2D eigenvalue weighted by Gasteiger charge is -2.30. The molecule has 114 valence electrons. The molecule has 23 heavy (non-hydrogen) atoms. The van der Waals surface area contributed by atoms with Crippen LogP contribution in [0.5, 0.6) is 0 Å². The van der Waals surface area contributed by atoms with Crippen LogP contribution in [0.4, 0.5) is 0 Å². The average molecular weight is 320 g/mol. The number of benzene rings is 2. The molecule has 2 aromatic rings. The molecule has 0 fully saturated rings. The fraction of sp³-hybridized carbons (Fsp3) is 0.211. The van der Waals surface area contributed by atoms with Crippen molar-refractivity contribution in [3.63, 3.8) is 0 Å². The van der Waals surface area contributed by atoms with Gasteiger partial charge in [-0.15, -0.1) is 0 Å². The Hall–Kier alpha value is -2.33. The van der Waals surface area contributed by atoms with Crippen LogP contribution < -0.4 is 5.32 Å². The molecule has 4 rings (SSSR count). The van der Waals surface area contributed by atoms with Crippen molar-refractivity contribution in [1.82, 2.24) is 5.32 Å². The van der Waals surface area contributed by atoms with Crippen molar-refractivity contribution in [2.24, 2.45) is 10.9 Å². The van der Waals surface area contributed by atoms with E-state index in [-0.39, 0.29) is 17.7 Å². The van der Waals surface area contributed by atoms with Crippen LogP contribution >= 0.6 is 12.2 Å². The molecule has 1 N–H and O–H groups in total. The van der Waals surface area contributed by atoms with Crippen LogP contribution in [0.1, 0.15) is 40.0 Å². The minimum atomic E-state index is -0.299. The van der Waals surface area contributed by atoms with Crippen molar-refractivity contribution in [2.75, 3.05) is 0 Å². The molecule has 0 bridgehead atoms. The Kier molecular flexibility index (Phi) is 3.34. The second-order valence-electron chi connectivity index (χ2n) is 5.86. The number of rotatable bonds is 2. The number of nitrogens with one attached hydrogen (secondary N) is 1. The molecule has 0 amide bonds. The molecule has 2 aliphatic rings. The Bertz CT molecular complexity index is 856. The van der Waals surface area contributed by atoms with Crippen LogP contribution in [0.2, 0.25) is 0 Å². The lowest BCUT2D eigenvalue weighted by atomic mass is 9.85. The van der Waals surface area contributed by atoms with Crippen molar-refractivity contribution in [3.8, 4) is 0 Å². The van der Waals surface area contributed by atoms with Crippen molar-refractivity contribution in [1.29, 1.82) is 0 Å². The van der Waals surface area contributed by atoms with Crippen LogP contribution in [-0.2, 0) is 6.42 Å². The topological polar surface area (TPSA) is 41.5 Å². The molecule has 0 spiro atoms. The Morgan fingerprint density at radius 1 is 1.09 bits per heavy atom. The van der Waals surface area contributed by atoms with E-state index >= 15 is 0 Å². The smallest absolute Gasteiger partial charge is 0.193 e. The summed E-state index contributed by atoms with van der Waals surface area (Å²) in [5.41, 5.74) is 4.85. The fourth-order valence-electron chi connectivity index (χ4n) is 3.59. The van der Waals surface area contributed by atoms with E-state index in [1.54, 1.807) is 0 Å². The molecule has 2 atom stereocenters. The highest BCUT2D eigenvalue weighted by molar-refractivity contribution is 7.80. The number of hydrogen-bond acceptors (Lipinski definition) is 2. The number of Topliss-reactive ketones (excluding diaryl/α,β-unsaturated/α-hetero) is 1. The van der Waals surface area contributed by atoms with Crippen LogP contribution in [-0.4, -0.2) is 16.6 Å². The standard InChI is InChI=1S/C19H16N2OS/c1-2-11-7-3-4-8-12(11)16-15-17(21-19(23)20-16)13-9-5-6-10-14(13)18(15)22/h3-10,15-16H,2H2,1H3,(H,20,23). The van der Waals surface area contributed by atoms with E-state index in [9.17, 15) is 4.79 Å². The van der Waals surface area contributed by atoms with Crippen molar-refractivity contribution in [2.45, 2.75) is 19.4 Å². The third-order valence-electron chi connectivity index (χ3n) is 4.65. The van der Waals surface area contributed by atoms with Gasteiger partial charge in [0.05, 0.1) is 17.7 Å². The predicted molar refractivity (Wildman–Crippen MR) is 95.1 cm³/mol. The van der Waals surface area contributed by atoms with Gasteiger partial charge in [0.1, 0.15) is 0 Å². The third-order valence-corrected chi connectivity index (χ3v) is 4.86. The monoisotopic (exact) mass is 320 g/mol. The lowest BCUT2D eigenvalue weighted by molar-refractivity contribution is 0.0944. The molecule has 1 heterocycles. The quantitative estimate of drug-likeness (QED) is 0.861. The molecule has 4 heteroatoms. The van der Waals surface area contributed by atoms with E-state index in [0.29, 0.717) is 5.11 Å². The number of carbonyl (C=O) groups excluding carboxylic acids is 1. The van der Waals surface area contributed by atoms with Crippen LogP contribution in [0.25, 0.3) is 0 Å². The van der Waals surface area contributed by atoms with Crippen molar-refractivity contribution < 1.29 is 4.79 Å². The SMILES string of the molecule is CCc1ccccc1C1NC(=S)N=C2c3ccccc3C(=O)C21. The average Bonchev–Trinajstić information content (AvgIpc) is 2.87. The number of nitrogens with zero attached hydrogens (tertiary/aromatic N) is 1. The first kappa shape index (κ1) is 14.3. The highest BCUT2D eigenvalue weighted by Gasteiger charge is 2.45. The van der Waals surface area contributed by atoms with E-state index in [4.69, 9.17) is 12.2 Å². The Labute approximate surface area is 140 Å². The molecule has 1 aliphatic carbocycles. The number of ketones is 1. The van der Waals surface area contributed by atoms with Gasteiger partial charge in [0.25, 0.3) is 0 Å². The Morgan fingerprint density at radius 3 is 2.57 bits per heavy atom. The number of aryl methyl sites for hydroxylation is 1. The zero-order valence-electron chi connectivity index (χ0n) is 12.7. The first-order valence-electron chi connectivity index (χ1n) is 7.81. The zero-order valence-corrected chi connectivity index (χ0v) is 13.6. The Balaban J connectivity index is 1.88. The summed E-state index contributed by atoms with van der Waals surface area (Å²) < 4.78 is 0. The summed E-state index contributed by atoms with van der Waals surface area (Å²) in [7, 11) is 0. The van der Waals surface area contributed by atoms with Gasteiger partial charge < -0.3 is 5.32 Å². The maximum absolute atomic E-state index is 13.0. The van der Waals surface area contributed by atoms with Gasteiger partial charge in [-0.25, -0.2) is 4.99 Å². The van der Waals surface area contributed by atoms with Crippen molar-refractivity contribution >= 4 is 28.8 Å². The van der Waals surface area contributed by atoms with Gasteiger partial charge in [0.2, 0.25) is 0 Å². The third kappa shape index (κ3) is 2.13. The minimum absolute atomic E-state index is 0.130. The summed E-state index contributed by atoms with van der Waals surface area (Å²) in [4.78, 5) is 17.4. The molecule has 2 unspecified atom stereocenters. The van der Waals surface area contributed by atoms with Gasteiger partial charge >= 0.3 is 0 Å². The number of hydrogen-bond donors (Lipinski definition) is 1. The second kappa shape index (κ2) is 5.39. The van der Waals surface area contributed by atoms with Gasteiger partial charge in [-0.1, -0.05) is 55.5 Å². The summed E-state index contributed by atoms with van der Waals surface area (Å²) in [6, 6.07) is 15.8. The summed E-state index contributed by atoms with van der Waals surface area (Å²) in [6.07, 6.45) is 0.918. The highest BCUT2D eigenvalue weighted by Crippen LogP contribution is 2.39. The molecule has 0 saturated heterocycles.